The van der Waals surface area contributed by atoms with E-state index >= 15 is 0 Å². The molecule has 2 saturated carbocycles. The van der Waals surface area contributed by atoms with Crippen molar-refractivity contribution in [1.82, 2.24) is 14.9 Å². The van der Waals surface area contributed by atoms with Crippen molar-refractivity contribution in [3.63, 3.8) is 0 Å². The summed E-state index contributed by atoms with van der Waals surface area (Å²) in [6.07, 6.45) is 2.63. The summed E-state index contributed by atoms with van der Waals surface area (Å²) in [5.74, 6) is -1.72. The number of fused-ring (bicyclic) bond motifs is 1. The Bertz CT molecular complexity index is 2000. The lowest BCUT2D eigenvalue weighted by Gasteiger charge is -2.41. The second kappa shape index (κ2) is 13.3. The van der Waals surface area contributed by atoms with Gasteiger partial charge in [-0.1, -0.05) is 50.6 Å². The largest absolute Gasteiger partial charge is 0.457 e. The fourth-order valence-corrected chi connectivity index (χ4v) is 7.89. The van der Waals surface area contributed by atoms with Gasteiger partial charge in [-0.3, -0.25) is 19.1 Å². The van der Waals surface area contributed by atoms with Crippen molar-refractivity contribution < 1.29 is 31.9 Å². The van der Waals surface area contributed by atoms with Gasteiger partial charge in [0.1, 0.15) is 34.9 Å². The van der Waals surface area contributed by atoms with E-state index in [1.165, 1.54) is 23.1 Å². The van der Waals surface area contributed by atoms with E-state index in [-0.39, 0.29) is 25.3 Å². The van der Waals surface area contributed by atoms with Gasteiger partial charge in [0.2, 0.25) is 21.8 Å². The molecule has 0 spiro atoms. The Labute approximate surface area is 302 Å². The molecule has 3 N–H and O–H groups in total. The molecular formula is C38H42ClFN4O6S. The molecule has 0 bridgehead atoms. The molecule has 10 nitrogen and oxygen atoms in total. The summed E-state index contributed by atoms with van der Waals surface area (Å²) >= 11 is 6.15. The Hall–Kier alpha value is -4.42. The maximum absolute atomic E-state index is 14.6. The first-order valence-electron chi connectivity index (χ1n) is 16.8. The highest BCUT2D eigenvalue weighted by atomic mass is 35.5. The van der Waals surface area contributed by atoms with Crippen molar-refractivity contribution in [2.24, 2.45) is 11.3 Å². The fourth-order valence-electron chi connectivity index (χ4n) is 6.40. The van der Waals surface area contributed by atoms with Gasteiger partial charge in [-0.05, 0) is 97.3 Å². The Morgan fingerprint density at radius 3 is 2.33 bits per heavy atom. The minimum atomic E-state index is -3.98. The minimum Gasteiger partial charge on any atom is -0.457 e. The summed E-state index contributed by atoms with van der Waals surface area (Å²) in [5, 5.41) is 6.61. The molecule has 270 valence electrons. The number of nitrogens with zero attached hydrogens (tertiary/aromatic N) is 1. The summed E-state index contributed by atoms with van der Waals surface area (Å²) in [4.78, 5) is 44.2. The predicted molar refractivity (Wildman–Crippen MR) is 193 cm³/mol. The molecule has 2 fully saturated rings. The minimum absolute atomic E-state index is 0.0677. The number of carbonyl (C=O) groups excluding carboxylic acids is 3. The molecule has 1 aliphatic heterocycles. The smallest absolute Gasteiger partial charge is 0.259 e. The van der Waals surface area contributed by atoms with E-state index in [0.29, 0.717) is 35.1 Å². The molecule has 3 amide bonds. The molecule has 1 heterocycles. The number of sulfonamides is 1. The third-order valence-electron chi connectivity index (χ3n) is 10.1. The maximum atomic E-state index is 14.6. The van der Waals surface area contributed by atoms with Crippen molar-refractivity contribution >= 4 is 45.0 Å². The number of benzene rings is 3. The first-order chi connectivity index (χ1) is 23.9. The van der Waals surface area contributed by atoms with Crippen LogP contribution in [0.1, 0.15) is 58.1 Å². The first kappa shape index (κ1) is 36.4. The van der Waals surface area contributed by atoms with E-state index < -0.39 is 61.4 Å². The molecule has 0 unspecified atom stereocenters. The number of hydrogen-bond donors (Lipinski definition) is 3. The first-order valence-corrected chi connectivity index (χ1v) is 18.7. The average molecular weight is 737 g/mol. The zero-order chi connectivity index (χ0) is 36.9. The molecule has 51 heavy (non-hydrogen) atoms. The number of anilines is 1. The Kier molecular flexibility index (Phi) is 9.47. The molecule has 0 radical (unpaired) electrons. The predicted octanol–water partition coefficient (Wildman–Crippen LogP) is 6.11. The standard InChI is InChI=1S/C38H42ClFN4O6S/c1-6-25-21-38(25,35(47)43-51(48,49)37(5)16-17-37)42-33(45)31-19-24-18-30(50-29-9-7-8-26(39)20-29)15-10-23(24)22-44(31)34(46)32(36(2,3)4)41-28-13-11-27(40)12-14-28/h6-15,18,20,25,31-32,41H,1,16-17,19,21-22H2,2-5H3,(H,42,45)(H,43,47)/t25-,31-,32-,38-/m1/s1. The lowest BCUT2D eigenvalue weighted by atomic mass is 9.84. The van der Waals surface area contributed by atoms with Crippen molar-refractivity contribution in [2.75, 3.05) is 5.32 Å². The summed E-state index contributed by atoms with van der Waals surface area (Å²) < 4.78 is 47.0. The summed E-state index contributed by atoms with van der Waals surface area (Å²) in [5.41, 5.74) is -0.109. The zero-order valence-corrected chi connectivity index (χ0v) is 30.5. The number of carbonyl (C=O) groups is 3. The average Bonchev–Trinajstić information content (AvgIpc) is 3.99. The van der Waals surface area contributed by atoms with Gasteiger partial charge in [-0.2, -0.15) is 0 Å². The SMILES string of the molecule is C=C[C@@H]1C[C@]1(NC(=O)[C@H]1Cc2cc(Oc3cccc(Cl)c3)ccc2CN1C(=O)[C@@H](Nc1ccc(F)cc1)C(C)(C)C)C(=O)NS(=O)(=O)C1(C)CC1. The molecule has 6 rings (SSSR count). The maximum Gasteiger partial charge on any atom is 0.259 e. The van der Waals surface area contributed by atoms with Crippen LogP contribution < -0.4 is 20.1 Å². The van der Waals surface area contributed by atoms with Crippen LogP contribution >= 0.6 is 11.6 Å². The van der Waals surface area contributed by atoms with Crippen LogP contribution in [0.2, 0.25) is 5.02 Å². The molecule has 0 aromatic heterocycles. The molecule has 3 aromatic rings. The molecular weight excluding hydrogens is 695 g/mol. The van der Waals surface area contributed by atoms with E-state index in [2.05, 4.69) is 21.9 Å². The quantitative estimate of drug-likeness (QED) is 0.202. The summed E-state index contributed by atoms with van der Waals surface area (Å²) in [6, 6.07) is 16.1. The number of hydrogen-bond acceptors (Lipinski definition) is 7. The van der Waals surface area contributed by atoms with Gasteiger partial charge in [0, 0.05) is 29.6 Å². The van der Waals surface area contributed by atoms with Gasteiger partial charge in [0.05, 0.1) is 4.75 Å². The van der Waals surface area contributed by atoms with E-state index in [0.717, 1.165) is 11.1 Å². The van der Waals surface area contributed by atoms with Crippen LogP contribution in [0.25, 0.3) is 0 Å². The van der Waals surface area contributed by atoms with E-state index in [1.807, 2.05) is 32.9 Å². The molecule has 3 aromatic carbocycles. The van der Waals surface area contributed by atoms with Gasteiger partial charge in [0.15, 0.2) is 0 Å². The highest BCUT2D eigenvalue weighted by Crippen LogP contribution is 2.47. The number of nitrogens with one attached hydrogen (secondary N) is 3. The summed E-state index contributed by atoms with van der Waals surface area (Å²) in [7, 11) is -3.98. The van der Waals surface area contributed by atoms with Crippen LogP contribution in [0.4, 0.5) is 10.1 Å². The van der Waals surface area contributed by atoms with Crippen LogP contribution in [0.5, 0.6) is 11.5 Å². The monoisotopic (exact) mass is 736 g/mol. The Balaban J connectivity index is 1.33. The lowest BCUT2D eigenvalue weighted by Crippen LogP contribution is -2.61. The topological polar surface area (TPSA) is 134 Å². The van der Waals surface area contributed by atoms with Crippen LogP contribution in [-0.2, 0) is 37.4 Å². The molecule has 13 heteroatoms. The van der Waals surface area contributed by atoms with Gasteiger partial charge in [-0.25, -0.2) is 12.8 Å². The van der Waals surface area contributed by atoms with Crippen molar-refractivity contribution in [3.8, 4) is 11.5 Å². The van der Waals surface area contributed by atoms with Crippen LogP contribution in [0.3, 0.4) is 0 Å². The van der Waals surface area contributed by atoms with E-state index in [1.54, 1.807) is 49.4 Å². The molecule has 3 aliphatic rings. The van der Waals surface area contributed by atoms with Crippen LogP contribution in [0, 0.1) is 17.2 Å². The fraction of sp³-hybridized carbons (Fsp3) is 0.395. The zero-order valence-electron chi connectivity index (χ0n) is 29.0. The number of ether oxygens (including phenoxy) is 1. The van der Waals surface area contributed by atoms with Crippen molar-refractivity contribution in [2.45, 2.75) is 82.3 Å². The Morgan fingerprint density at radius 2 is 1.73 bits per heavy atom. The third kappa shape index (κ3) is 7.48. The highest BCUT2D eigenvalue weighted by Gasteiger charge is 2.62. The van der Waals surface area contributed by atoms with Gasteiger partial charge < -0.3 is 20.3 Å². The van der Waals surface area contributed by atoms with Gasteiger partial charge in [0.25, 0.3) is 5.91 Å². The number of amides is 3. The van der Waals surface area contributed by atoms with Crippen molar-refractivity contribution in [3.05, 3.63) is 101 Å². The van der Waals surface area contributed by atoms with E-state index in [4.69, 9.17) is 16.3 Å². The van der Waals surface area contributed by atoms with Gasteiger partial charge in [-0.15, -0.1) is 6.58 Å². The van der Waals surface area contributed by atoms with Crippen LogP contribution in [-0.4, -0.2) is 53.4 Å². The van der Waals surface area contributed by atoms with Crippen molar-refractivity contribution in [1.29, 1.82) is 0 Å². The normalized spacial score (nSPS) is 22.5. The second-order valence-electron chi connectivity index (χ2n) is 15.0. The molecule has 2 aliphatic carbocycles. The highest BCUT2D eigenvalue weighted by molar-refractivity contribution is 7.91. The van der Waals surface area contributed by atoms with Crippen LogP contribution in [0.15, 0.2) is 79.4 Å². The third-order valence-corrected chi connectivity index (χ3v) is 12.5. The lowest BCUT2D eigenvalue weighted by molar-refractivity contribution is -0.145. The molecule has 4 atom stereocenters. The number of halogens is 2. The number of rotatable bonds is 11. The Morgan fingerprint density at radius 1 is 1.04 bits per heavy atom. The van der Waals surface area contributed by atoms with Gasteiger partial charge >= 0.3 is 0 Å². The second-order valence-corrected chi connectivity index (χ2v) is 17.7. The molecule has 0 saturated heterocycles. The summed E-state index contributed by atoms with van der Waals surface area (Å²) in [6.45, 7) is 11.1. The van der Waals surface area contributed by atoms with E-state index in [9.17, 15) is 27.2 Å².